The van der Waals surface area contributed by atoms with Crippen LogP contribution >= 0.6 is 0 Å². The third-order valence-electron chi connectivity index (χ3n) is 1.65. The van der Waals surface area contributed by atoms with E-state index in [1.165, 1.54) is 0 Å². The summed E-state index contributed by atoms with van der Waals surface area (Å²) in [6.45, 7) is 3.89. The summed E-state index contributed by atoms with van der Waals surface area (Å²) < 4.78 is 0. The van der Waals surface area contributed by atoms with Gasteiger partial charge in [-0.2, -0.15) is 0 Å². The van der Waals surface area contributed by atoms with Gasteiger partial charge in [-0.05, 0) is 6.42 Å². The number of hydrogen-bond acceptors (Lipinski definition) is 3. The molecule has 0 fully saturated rings. The molecule has 4 radical (unpaired) electrons. The van der Waals surface area contributed by atoms with Crippen molar-refractivity contribution in [1.82, 2.24) is 19.9 Å². The van der Waals surface area contributed by atoms with Crippen LogP contribution < -0.4 is 0 Å². The van der Waals surface area contributed by atoms with Gasteiger partial charge in [0, 0.05) is 46.0 Å². The lowest BCUT2D eigenvalue weighted by Gasteiger charge is -1.79. The number of aromatic nitrogens is 4. The Morgan fingerprint density at radius 1 is 1.19 bits per heavy atom. The van der Waals surface area contributed by atoms with Gasteiger partial charge in [-0.25, -0.2) is 9.97 Å². The molecular weight excluding hydrogens is 265 g/mol. The van der Waals surface area contributed by atoms with Crippen LogP contribution in [0.3, 0.4) is 0 Å². The topological polar surface area (TPSA) is 94.7 Å². The number of hydrogen-bond donors (Lipinski definition) is 3. The van der Waals surface area contributed by atoms with E-state index in [1.54, 1.807) is 44.5 Å². The third kappa shape index (κ3) is 27.3. The minimum atomic E-state index is -0.711. The lowest BCUT2D eigenvalue weighted by molar-refractivity contribution is -0.137. The molecule has 110 valence electrons. The van der Waals surface area contributed by atoms with Crippen molar-refractivity contribution in [3.63, 3.8) is 0 Å². The van der Waals surface area contributed by atoms with E-state index in [0.29, 0.717) is 6.42 Å². The third-order valence-corrected chi connectivity index (χ3v) is 1.65. The highest BCUT2D eigenvalue weighted by molar-refractivity contribution is 7.23. The fourth-order valence-electron chi connectivity index (χ4n) is 0.780. The fourth-order valence-corrected chi connectivity index (χ4v) is 0.780. The van der Waals surface area contributed by atoms with Crippen LogP contribution in [0.25, 0.3) is 0 Å². The standard InChI is InChI=1S/C4H8O2.2C3H4N2.C2H5B3/c1-2-3-4(5)6;2*1-2-5-3-4-1;1-2-4-5-3/h2-3H2,1H3,(H,5,6);2*1-3H,(H,4,5);2H2,1H3. The molecule has 2 aromatic heterocycles. The van der Waals surface area contributed by atoms with Crippen LogP contribution in [0, 0.1) is 0 Å². The minimum absolute atomic E-state index is 0.292. The van der Waals surface area contributed by atoms with Crippen LogP contribution in [-0.4, -0.2) is 53.0 Å². The smallest absolute Gasteiger partial charge is 0.303 e. The van der Waals surface area contributed by atoms with E-state index >= 15 is 0 Å². The van der Waals surface area contributed by atoms with Gasteiger partial charge >= 0.3 is 5.97 Å². The van der Waals surface area contributed by atoms with E-state index in [0.717, 1.165) is 12.7 Å². The molecule has 2 aromatic rings. The summed E-state index contributed by atoms with van der Waals surface area (Å²) in [5.41, 5.74) is 0. The molecule has 0 bridgehead atoms. The van der Waals surface area contributed by atoms with E-state index in [2.05, 4.69) is 19.9 Å². The average molecular weight is 286 g/mol. The highest BCUT2D eigenvalue weighted by Gasteiger charge is 1.87. The molecule has 6 nitrogen and oxygen atoms in total. The molecular formula is C12H21B3N4O2. The van der Waals surface area contributed by atoms with Crippen LogP contribution in [0.4, 0.5) is 0 Å². The number of aromatic amines is 2. The number of nitrogens with one attached hydrogen (secondary N) is 2. The first-order valence-corrected chi connectivity index (χ1v) is 6.62. The number of carboxylic acids is 1. The summed E-state index contributed by atoms with van der Waals surface area (Å²) in [7, 11) is 8.42. The fraction of sp³-hybridized carbons (Fsp3) is 0.417. The lowest BCUT2D eigenvalue weighted by atomic mass is 9.27. The van der Waals surface area contributed by atoms with Crippen molar-refractivity contribution in [3.05, 3.63) is 37.4 Å². The summed E-state index contributed by atoms with van der Waals surface area (Å²) in [6.07, 6.45) is 12.2. The Morgan fingerprint density at radius 2 is 1.71 bits per heavy atom. The molecule has 0 saturated carbocycles. The monoisotopic (exact) mass is 286 g/mol. The molecule has 0 amide bonds. The van der Waals surface area contributed by atoms with Gasteiger partial charge in [-0.15, -0.1) is 0 Å². The number of H-pyrrole nitrogens is 2. The van der Waals surface area contributed by atoms with Crippen LogP contribution in [0.15, 0.2) is 37.4 Å². The molecule has 0 aliphatic rings. The number of rotatable bonds is 4. The van der Waals surface area contributed by atoms with Gasteiger partial charge < -0.3 is 15.1 Å². The Bertz CT molecular complexity index is 309. The normalized spacial score (nSPS) is 7.71. The van der Waals surface area contributed by atoms with Gasteiger partial charge in [0.05, 0.1) is 19.8 Å². The van der Waals surface area contributed by atoms with E-state index in [-0.39, 0.29) is 0 Å². The van der Waals surface area contributed by atoms with Crippen LogP contribution in [0.1, 0.15) is 26.7 Å². The molecule has 0 aromatic carbocycles. The number of imidazole rings is 2. The van der Waals surface area contributed by atoms with Crippen LogP contribution in [0.5, 0.6) is 0 Å². The molecule has 21 heavy (non-hydrogen) atoms. The molecule has 0 aliphatic heterocycles. The predicted octanol–water partition coefficient (Wildman–Crippen LogP) is 1.52. The van der Waals surface area contributed by atoms with Crippen LogP contribution in [0.2, 0.25) is 6.32 Å². The second-order valence-electron chi connectivity index (χ2n) is 3.50. The van der Waals surface area contributed by atoms with E-state index < -0.39 is 5.97 Å². The molecule has 0 spiro atoms. The zero-order chi connectivity index (χ0) is 16.2. The Morgan fingerprint density at radius 3 is 1.76 bits per heavy atom. The number of carbonyl (C=O) groups is 1. The van der Waals surface area contributed by atoms with Crippen molar-refractivity contribution in [1.29, 1.82) is 0 Å². The Balaban J connectivity index is 0. The van der Waals surface area contributed by atoms with E-state index in [9.17, 15) is 4.79 Å². The maximum absolute atomic E-state index is 9.60. The summed E-state index contributed by atoms with van der Waals surface area (Å²) in [5, 5.41) is 7.91. The van der Waals surface area contributed by atoms with Gasteiger partial charge in [0.1, 0.15) is 0 Å². The van der Waals surface area contributed by atoms with Crippen molar-refractivity contribution in [2.24, 2.45) is 0 Å². The highest BCUT2D eigenvalue weighted by atomic mass is 16.4. The zero-order valence-corrected chi connectivity index (χ0v) is 12.6. The first-order chi connectivity index (χ1) is 10.2. The van der Waals surface area contributed by atoms with E-state index in [4.69, 9.17) is 12.8 Å². The van der Waals surface area contributed by atoms with Gasteiger partial charge in [0.15, 0.2) is 0 Å². The molecule has 2 heterocycles. The average Bonchev–Trinajstić information content (AvgIpc) is 3.19. The lowest BCUT2D eigenvalue weighted by Crippen LogP contribution is -1.98. The van der Waals surface area contributed by atoms with Gasteiger partial charge in [0.2, 0.25) is 0 Å². The van der Waals surface area contributed by atoms with Gasteiger partial charge in [-0.3, -0.25) is 4.79 Å². The number of aliphatic carboxylic acids is 1. The summed E-state index contributed by atoms with van der Waals surface area (Å²) in [4.78, 5) is 22.4. The second kappa shape index (κ2) is 20.4. The van der Waals surface area contributed by atoms with Gasteiger partial charge in [0.25, 0.3) is 0 Å². The maximum atomic E-state index is 9.60. The summed E-state index contributed by atoms with van der Waals surface area (Å²) in [5.74, 6) is -0.711. The van der Waals surface area contributed by atoms with Crippen molar-refractivity contribution >= 4 is 27.9 Å². The minimum Gasteiger partial charge on any atom is -0.481 e. The number of carboxylic acid groups (broad SMARTS) is 1. The molecule has 0 aliphatic carbocycles. The molecule has 3 N–H and O–H groups in total. The second-order valence-corrected chi connectivity index (χ2v) is 3.50. The Labute approximate surface area is 129 Å². The quantitative estimate of drug-likeness (QED) is 0.742. The van der Waals surface area contributed by atoms with Crippen molar-refractivity contribution < 1.29 is 9.90 Å². The maximum Gasteiger partial charge on any atom is 0.303 e. The predicted molar refractivity (Wildman–Crippen MR) is 87.5 cm³/mol. The Hall–Kier alpha value is -1.92. The Kier molecular flexibility index (Phi) is 20.8. The molecule has 2 rings (SSSR count). The molecule has 0 atom stereocenters. The van der Waals surface area contributed by atoms with Crippen molar-refractivity contribution in [3.8, 4) is 0 Å². The first-order valence-electron chi connectivity index (χ1n) is 6.62. The van der Waals surface area contributed by atoms with Crippen molar-refractivity contribution in [2.45, 2.75) is 33.0 Å². The zero-order valence-electron chi connectivity index (χ0n) is 12.6. The summed E-state index contributed by atoms with van der Waals surface area (Å²) in [6, 6.07) is 0. The molecule has 0 saturated heterocycles. The largest absolute Gasteiger partial charge is 0.481 e. The molecule has 0 unspecified atom stereocenters. The van der Waals surface area contributed by atoms with Crippen LogP contribution in [-0.2, 0) is 4.79 Å². The first kappa shape index (κ1) is 21.4. The summed E-state index contributed by atoms with van der Waals surface area (Å²) >= 11 is 0. The molecule has 9 heteroatoms. The highest BCUT2D eigenvalue weighted by Crippen LogP contribution is 1.82. The van der Waals surface area contributed by atoms with Crippen molar-refractivity contribution in [2.75, 3.05) is 0 Å². The van der Waals surface area contributed by atoms with E-state index in [1.807, 2.05) is 21.0 Å². The van der Waals surface area contributed by atoms with Gasteiger partial charge in [-0.1, -0.05) is 20.2 Å². The number of nitrogens with zero attached hydrogens (tertiary/aromatic N) is 2. The SMILES string of the molecule is CCCC(=O)O.[B][B][B]CC.c1c[nH]cn1.c1c[nH]cn1.